The number of ether oxygens (including phenoxy) is 1. The van der Waals surface area contributed by atoms with E-state index in [2.05, 4.69) is 15.4 Å². The molecular formula is C22H17F3N4O2. The van der Waals surface area contributed by atoms with E-state index in [4.69, 9.17) is 4.74 Å². The summed E-state index contributed by atoms with van der Waals surface area (Å²) in [7, 11) is 0. The van der Waals surface area contributed by atoms with Crippen LogP contribution in [0.3, 0.4) is 0 Å². The SMILES string of the molecule is CCOC(=O)c1cccc(-c2cccn3nc(Nc4cccc(C(F)(F)F)c4)nc23)c1. The molecular weight excluding hydrogens is 409 g/mol. The number of carbonyl (C=O) groups excluding carboxylic acids is 1. The summed E-state index contributed by atoms with van der Waals surface area (Å²) < 4.78 is 45.4. The number of esters is 1. The first-order chi connectivity index (χ1) is 14.8. The van der Waals surface area contributed by atoms with E-state index in [1.165, 1.54) is 16.6 Å². The Labute approximate surface area is 175 Å². The molecule has 0 saturated heterocycles. The predicted octanol–water partition coefficient (Wildman–Crippen LogP) is 5.34. The van der Waals surface area contributed by atoms with Crippen LogP contribution in [-0.4, -0.2) is 27.2 Å². The molecule has 0 unspecified atom stereocenters. The summed E-state index contributed by atoms with van der Waals surface area (Å²) in [6.07, 6.45) is -2.76. The highest BCUT2D eigenvalue weighted by molar-refractivity contribution is 5.92. The van der Waals surface area contributed by atoms with E-state index in [0.717, 1.165) is 17.7 Å². The first-order valence-corrected chi connectivity index (χ1v) is 9.42. The average molecular weight is 426 g/mol. The number of benzene rings is 2. The van der Waals surface area contributed by atoms with Gasteiger partial charge in [-0.2, -0.15) is 18.2 Å². The molecule has 0 bridgehead atoms. The molecule has 4 aromatic rings. The third-order valence-electron chi connectivity index (χ3n) is 4.49. The lowest BCUT2D eigenvalue weighted by molar-refractivity contribution is -0.137. The van der Waals surface area contributed by atoms with Gasteiger partial charge < -0.3 is 10.1 Å². The smallest absolute Gasteiger partial charge is 0.416 e. The summed E-state index contributed by atoms with van der Waals surface area (Å²) in [6.45, 7) is 2.00. The third kappa shape index (κ3) is 4.35. The van der Waals surface area contributed by atoms with Gasteiger partial charge in [-0.1, -0.05) is 18.2 Å². The summed E-state index contributed by atoms with van der Waals surface area (Å²) in [5.74, 6) is -0.280. The minimum absolute atomic E-state index is 0.147. The third-order valence-corrected chi connectivity index (χ3v) is 4.49. The molecule has 2 heterocycles. The van der Waals surface area contributed by atoms with Crippen LogP contribution in [0.5, 0.6) is 0 Å². The average Bonchev–Trinajstić information content (AvgIpc) is 3.16. The van der Waals surface area contributed by atoms with Crippen LogP contribution in [-0.2, 0) is 10.9 Å². The maximum atomic E-state index is 13.0. The highest BCUT2D eigenvalue weighted by Gasteiger charge is 2.30. The van der Waals surface area contributed by atoms with Crippen molar-refractivity contribution in [2.75, 3.05) is 11.9 Å². The van der Waals surface area contributed by atoms with E-state index in [1.807, 2.05) is 12.1 Å². The zero-order chi connectivity index (χ0) is 22.0. The van der Waals surface area contributed by atoms with Crippen molar-refractivity contribution >= 4 is 23.3 Å². The molecule has 6 nitrogen and oxygen atoms in total. The molecule has 0 aliphatic carbocycles. The highest BCUT2D eigenvalue weighted by atomic mass is 19.4. The fraction of sp³-hybridized carbons (Fsp3) is 0.136. The Morgan fingerprint density at radius 3 is 2.68 bits per heavy atom. The fourth-order valence-electron chi connectivity index (χ4n) is 3.11. The molecule has 0 aliphatic rings. The van der Waals surface area contributed by atoms with E-state index >= 15 is 0 Å². The standard InChI is InChI=1S/C22H17F3N4O2/c1-2-31-20(30)15-7-3-6-14(12-15)18-10-5-11-29-19(18)27-21(28-29)26-17-9-4-8-16(13-17)22(23,24)25/h3-13H,2H2,1H3,(H,26,28). The number of nitrogens with one attached hydrogen (secondary N) is 1. The second-order valence-corrected chi connectivity index (χ2v) is 6.63. The Bertz CT molecular complexity index is 1250. The van der Waals surface area contributed by atoms with Gasteiger partial charge in [-0.3, -0.25) is 0 Å². The molecule has 0 saturated carbocycles. The molecule has 0 atom stereocenters. The van der Waals surface area contributed by atoms with Crippen molar-refractivity contribution in [3.8, 4) is 11.1 Å². The Hall–Kier alpha value is -3.88. The van der Waals surface area contributed by atoms with Gasteiger partial charge in [0.25, 0.3) is 0 Å². The minimum atomic E-state index is -4.44. The largest absolute Gasteiger partial charge is 0.462 e. The van der Waals surface area contributed by atoms with Crippen LogP contribution in [0.1, 0.15) is 22.8 Å². The lowest BCUT2D eigenvalue weighted by atomic mass is 10.0. The van der Waals surface area contributed by atoms with Gasteiger partial charge >= 0.3 is 12.1 Å². The Morgan fingerprint density at radius 1 is 1.10 bits per heavy atom. The predicted molar refractivity (Wildman–Crippen MR) is 109 cm³/mol. The van der Waals surface area contributed by atoms with Gasteiger partial charge in [0.2, 0.25) is 5.95 Å². The molecule has 0 fully saturated rings. The van der Waals surface area contributed by atoms with Crippen molar-refractivity contribution in [2.24, 2.45) is 0 Å². The van der Waals surface area contributed by atoms with Gasteiger partial charge in [0.05, 0.1) is 17.7 Å². The van der Waals surface area contributed by atoms with Gasteiger partial charge in [-0.25, -0.2) is 9.31 Å². The number of rotatable bonds is 5. The van der Waals surface area contributed by atoms with Crippen LogP contribution >= 0.6 is 0 Å². The molecule has 1 N–H and O–H groups in total. The van der Waals surface area contributed by atoms with E-state index in [9.17, 15) is 18.0 Å². The van der Waals surface area contributed by atoms with Gasteiger partial charge in [0, 0.05) is 17.4 Å². The molecule has 0 amide bonds. The van der Waals surface area contributed by atoms with Crippen LogP contribution in [0.25, 0.3) is 16.8 Å². The normalized spacial score (nSPS) is 11.5. The van der Waals surface area contributed by atoms with Crippen LogP contribution in [0, 0.1) is 0 Å². The maximum Gasteiger partial charge on any atom is 0.416 e. The second-order valence-electron chi connectivity index (χ2n) is 6.63. The number of carbonyl (C=O) groups is 1. The molecule has 2 aromatic carbocycles. The number of nitrogens with zero attached hydrogens (tertiary/aromatic N) is 3. The molecule has 31 heavy (non-hydrogen) atoms. The minimum Gasteiger partial charge on any atom is -0.462 e. The van der Waals surface area contributed by atoms with Crippen LogP contribution in [0.15, 0.2) is 66.9 Å². The van der Waals surface area contributed by atoms with Crippen molar-refractivity contribution in [2.45, 2.75) is 13.1 Å². The number of aromatic nitrogens is 3. The maximum absolute atomic E-state index is 13.0. The molecule has 158 valence electrons. The van der Waals surface area contributed by atoms with Crippen molar-refractivity contribution in [1.29, 1.82) is 0 Å². The van der Waals surface area contributed by atoms with Crippen molar-refractivity contribution in [1.82, 2.24) is 14.6 Å². The van der Waals surface area contributed by atoms with Gasteiger partial charge in [-0.05, 0) is 55.0 Å². The van der Waals surface area contributed by atoms with Crippen LogP contribution < -0.4 is 5.32 Å². The highest BCUT2D eigenvalue weighted by Crippen LogP contribution is 2.31. The summed E-state index contributed by atoms with van der Waals surface area (Å²) in [4.78, 5) is 16.5. The lowest BCUT2D eigenvalue weighted by Gasteiger charge is -2.08. The number of hydrogen-bond acceptors (Lipinski definition) is 5. The van der Waals surface area contributed by atoms with Gasteiger partial charge in [0.1, 0.15) is 0 Å². The number of anilines is 2. The summed E-state index contributed by atoms with van der Waals surface area (Å²) >= 11 is 0. The van der Waals surface area contributed by atoms with Crippen molar-refractivity contribution < 1.29 is 22.7 Å². The van der Waals surface area contributed by atoms with Crippen LogP contribution in [0.2, 0.25) is 0 Å². The Kier molecular flexibility index (Phi) is 5.33. The van der Waals surface area contributed by atoms with E-state index in [-0.39, 0.29) is 18.2 Å². The molecule has 9 heteroatoms. The number of fused-ring (bicyclic) bond motifs is 1. The zero-order valence-corrected chi connectivity index (χ0v) is 16.3. The topological polar surface area (TPSA) is 68.5 Å². The molecule has 2 aromatic heterocycles. The van der Waals surface area contributed by atoms with E-state index in [1.54, 1.807) is 37.4 Å². The Balaban J connectivity index is 1.69. The first-order valence-electron chi connectivity index (χ1n) is 9.42. The summed E-state index contributed by atoms with van der Waals surface area (Å²) in [6, 6.07) is 15.3. The molecule has 0 spiro atoms. The number of pyridine rings is 1. The molecule has 0 radical (unpaired) electrons. The zero-order valence-electron chi connectivity index (χ0n) is 16.3. The molecule has 0 aliphatic heterocycles. The quantitative estimate of drug-likeness (QED) is 0.437. The van der Waals surface area contributed by atoms with Crippen molar-refractivity contribution in [3.05, 3.63) is 78.0 Å². The van der Waals surface area contributed by atoms with E-state index in [0.29, 0.717) is 16.8 Å². The Morgan fingerprint density at radius 2 is 1.90 bits per heavy atom. The molecule has 4 rings (SSSR count). The number of hydrogen-bond donors (Lipinski definition) is 1. The number of alkyl halides is 3. The lowest BCUT2D eigenvalue weighted by Crippen LogP contribution is -2.05. The van der Waals surface area contributed by atoms with Crippen LogP contribution in [0.4, 0.5) is 24.8 Å². The van der Waals surface area contributed by atoms with Gasteiger partial charge in [-0.15, -0.1) is 5.10 Å². The summed E-state index contributed by atoms with van der Waals surface area (Å²) in [5, 5.41) is 7.11. The monoisotopic (exact) mass is 426 g/mol. The summed E-state index contributed by atoms with van der Waals surface area (Å²) in [5.41, 5.74) is 1.78. The second kappa shape index (κ2) is 8.10. The number of halogens is 3. The van der Waals surface area contributed by atoms with E-state index < -0.39 is 17.7 Å². The first kappa shape index (κ1) is 20.4. The van der Waals surface area contributed by atoms with Gasteiger partial charge in [0.15, 0.2) is 5.65 Å². The van der Waals surface area contributed by atoms with Crippen molar-refractivity contribution in [3.63, 3.8) is 0 Å². The fourth-order valence-corrected chi connectivity index (χ4v) is 3.11.